The molecule has 0 saturated carbocycles. The molecular weight excluding hydrogens is 105 g/mol. The van der Waals surface area contributed by atoms with Crippen molar-refractivity contribution in [2.24, 2.45) is 0 Å². The highest BCUT2D eigenvalue weighted by Gasteiger charge is 2.24. The average molecular weight is 114 g/mol. The summed E-state index contributed by atoms with van der Waals surface area (Å²) in [5.41, 5.74) is 0. The van der Waals surface area contributed by atoms with Crippen molar-refractivity contribution in [3.63, 3.8) is 0 Å². The monoisotopic (exact) mass is 114 g/mol. The second-order valence-electron chi connectivity index (χ2n) is 1.15. The molecule has 7 heavy (non-hydrogen) atoms. The Kier molecular flexibility index (Phi) is 1.17. The van der Waals surface area contributed by atoms with Gasteiger partial charge in [0.15, 0.2) is 0 Å². The van der Waals surface area contributed by atoms with Crippen LogP contribution in [-0.4, -0.2) is 6.18 Å². The zero-order valence-corrected chi connectivity index (χ0v) is 3.84. The van der Waals surface area contributed by atoms with Crippen molar-refractivity contribution in [1.82, 2.24) is 0 Å². The molecule has 44 valence electrons. The number of rotatable bonds is 1. The summed E-state index contributed by atoms with van der Waals surface area (Å²) >= 11 is 0. The van der Waals surface area contributed by atoms with Crippen molar-refractivity contribution in [3.05, 3.63) is 0 Å². The van der Waals surface area contributed by atoms with Crippen LogP contribution in [0.3, 0.4) is 0 Å². The third-order valence-corrected chi connectivity index (χ3v) is 0.377. The predicted molar refractivity (Wildman–Crippen MR) is 21.0 cm³/mol. The van der Waals surface area contributed by atoms with Crippen LogP contribution in [0.15, 0.2) is 0 Å². The summed E-state index contributed by atoms with van der Waals surface area (Å²) in [7, 11) is 0. The molecule has 0 rings (SSSR count). The predicted octanol–water partition coefficient (Wildman–Crippen LogP) is 2.35. The Bertz CT molecular complexity index is 79.0. The standard InChI is InChI=1S/C4H7F3/c1-2-3-4(5,6)7/h2-3H2,1H3/i2D2. The SMILES string of the molecule is [2H]C([2H])(C)CC(F)(F)F. The van der Waals surface area contributed by atoms with Gasteiger partial charge in [-0.1, -0.05) is 6.92 Å². The molecule has 0 unspecified atom stereocenters. The lowest BCUT2D eigenvalue weighted by molar-refractivity contribution is -0.134. The number of hydrogen-bond donors (Lipinski definition) is 0. The summed E-state index contributed by atoms with van der Waals surface area (Å²) in [5.74, 6) is 0. The summed E-state index contributed by atoms with van der Waals surface area (Å²) in [6.07, 6.45) is -7.91. The molecule has 0 aliphatic carbocycles. The molecule has 0 radical (unpaired) electrons. The second-order valence-corrected chi connectivity index (χ2v) is 1.15. The summed E-state index contributed by atoms with van der Waals surface area (Å²) in [6, 6.07) is 0. The van der Waals surface area contributed by atoms with Crippen molar-refractivity contribution in [2.75, 3.05) is 0 Å². The molecule has 0 bridgehead atoms. The van der Waals surface area contributed by atoms with E-state index in [-0.39, 0.29) is 0 Å². The van der Waals surface area contributed by atoms with Gasteiger partial charge in [-0.15, -0.1) is 0 Å². The first-order valence-corrected chi connectivity index (χ1v) is 1.77. The van der Waals surface area contributed by atoms with Gasteiger partial charge in [-0.3, -0.25) is 0 Å². The van der Waals surface area contributed by atoms with Crippen LogP contribution in [0.1, 0.15) is 22.5 Å². The maximum Gasteiger partial charge on any atom is 0.389 e. The third kappa shape index (κ3) is 5.79. The Morgan fingerprint density at radius 2 is 2.00 bits per heavy atom. The van der Waals surface area contributed by atoms with E-state index in [2.05, 4.69) is 0 Å². The minimum Gasteiger partial charge on any atom is -0.171 e. The summed E-state index contributed by atoms with van der Waals surface area (Å²) in [4.78, 5) is 0. The highest BCUT2D eigenvalue weighted by Crippen LogP contribution is 2.20. The lowest BCUT2D eigenvalue weighted by Crippen LogP contribution is -2.04. The van der Waals surface area contributed by atoms with Crippen molar-refractivity contribution in [3.8, 4) is 0 Å². The maximum absolute atomic E-state index is 11.3. The Balaban J connectivity index is 3.75. The van der Waals surface area contributed by atoms with Gasteiger partial charge >= 0.3 is 6.18 Å². The van der Waals surface area contributed by atoms with Crippen LogP contribution < -0.4 is 0 Å². The molecule has 0 N–H and O–H groups in total. The van der Waals surface area contributed by atoms with Crippen LogP contribution in [0.4, 0.5) is 13.2 Å². The first-order chi connectivity index (χ1) is 3.71. The fourth-order valence-corrected chi connectivity index (χ4v) is 0.200. The summed E-state index contributed by atoms with van der Waals surface area (Å²) in [5, 5.41) is 0. The highest BCUT2D eigenvalue weighted by atomic mass is 19.4. The number of alkyl halides is 3. The Labute approximate surface area is 43.1 Å². The van der Waals surface area contributed by atoms with Crippen molar-refractivity contribution in [1.29, 1.82) is 0 Å². The van der Waals surface area contributed by atoms with Gasteiger partial charge in [0.25, 0.3) is 0 Å². The van der Waals surface area contributed by atoms with E-state index in [1.54, 1.807) is 0 Å². The third-order valence-electron chi connectivity index (χ3n) is 0.377. The molecule has 0 saturated heterocycles. The molecule has 3 heteroatoms. The molecule has 0 nitrogen and oxygen atoms in total. The second kappa shape index (κ2) is 2.19. The molecule has 0 aromatic heterocycles. The van der Waals surface area contributed by atoms with Gasteiger partial charge in [0, 0.05) is 9.16 Å². The van der Waals surface area contributed by atoms with Crippen LogP contribution in [0.5, 0.6) is 0 Å². The summed E-state index contributed by atoms with van der Waals surface area (Å²) < 4.78 is 47.0. The van der Waals surface area contributed by atoms with E-state index in [1.807, 2.05) is 0 Å². The van der Waals surface area contributed by atoms with Gasteiger partial charge in [-0.2, -0.15) is 13.2 Å². The fraction of sp³-hybridized carbons (Fsp3) is 1.00. The molecule has 0 heterocycles. The van der Waals surface area contributed by atoms with Gasteiger partial charge in [-0.25, -0.2) is 0 Å². The van der Waals surface area contributed by atoms with Crippen LogP contribution in [0.2, 0.25) is 0 Å². The smallest absolute Gasteiger partial charge is 0.171 e. The topological polar surface area (TPSA) is 0 Å². The van der Waals surface area contributed by atoms with Crippen LogP contribution in [-0.2, 0) is 0 Å². The van der Waals surface area contributed by atoms with Gasteiger partial charge < -0.3 is 0 Å². The maximum atomic E-state index is 11.3. The Hall–Kier alpha value is -0.210. The first kappa shape index (κ1) is 3.75. The quantitative estimate of drug-likeness (QED) is 0.490. The molecule has 0 amide bonds. The largest absolute Gasteiger partial charge is 0.389 e. The van der Waals surface area contributed by atoms with E-state index in [4.69, 9.17) is 2.74 Å². The van der Waals surface area contributed by atoms with E-state index in [1.165, 1.54) is 0 Å². The van der Waals surface area contributed by atoms with Crippen molar-refractivity contribution < 1.29 is 15.9 Å². The van der Waals surface area contributed by atoms with Crippen LogP contribution in [0.25, 0.3) is 0 Å². The zero-order chi connectivity index (χ0) is 7.71. The summed E-state index contributed by atoms with van der Waals surface area (Å²) in [6.45, 7) is 0.903. The minimum atomic E-state index is -4.39. The minimum absolute atomic E-state index is 0.903. The van der Waals surface area contributed by atoms with E-state index in [9.17, 15) is 13.2 Å². The number of halogens is 3. The van der Waals surface area contributed by atoms with E-state index >= 15 is 0 Å². The van der Waals surface area contributed by atoms with Gasteiger partial charge in [-0.05, 0) is 6.37 Å². The van der Waals surface area contributed by atoms with E-state index in [0.29, 0.717) is 0 Å². The molecule has 0 fully saturated rings. The van der Waals surface area contributed by atoms with Crippen LogP contribution in [0, 0.1) is 0 Å². The lowest BCUT2D eigenvalue weighted by atomic mass is 10.3. The fourth-order valence-electron chi connectivity index (χ4n) is 0.200. The van der Waals surface area contributed by atoms with E-state index < -0.39 is 19.0 Å². The molecule has 0 aliphatic rings. The number of hydrogen-bond acceptors (Lipinski definition) is 0. The normalized spacial score (nSPS) is 18.3. The average Bonchev–Trinajstić information content (AvgIpc) is 1.14. The molecule has 0 aromatic rings. The molecule has 0 aliphatic heterocycles. The molecule has 0 aromatic carbocycles. The molecule has 0 spiro atoms. The van der Waals surface area contributed by atoms with Gasteiger partial charge in [0.1, 0.15) is 0 Å². The Morgan fingerprint density at radius 3 is 2.00 bits per heavy atom. The van der Waals surface area contributed by atoms with Gasteiger partial charge in [0.2, 0.25) is 0 Å². The van der Waals surface area contributed by atoms with Gasteiger partial charge in [0.05, 0.1) is 0 Å². The van der Waals surface area contributed by atoms with E-state index in [0.717, 1.165) is 6.92 Å². The van der Waals surface area contributed by atoms with Crippen molar-refractivity contribution in [2.45, 2.75) is 25.9 Å². The molecule has 0 atom stereocenters. The zero-order valence-electron chi connectivity index (χ0n) is 5.84. The Morgan fingerprint density at radius 1 is 1.57 bits per heavy atom. The lowest BCUT2D eigenvalue weighted by Gasteiger charge is -2.00. The van der Waals surface area contributed by atoms with Crippen molar-refractivity contribution >= 4 is 0 Å². The first-order valence-electron chi connectivity index (χ1n) is 2.77. The van der Waals surface area contributed by atoms with Crippen LogP contribution >= 0.6 is 0 Å². The highest BCUT2D eigenvalue weighted by molar-refractivity contribution is 4.44. The molecular formula is C4H7F3.